The number of sulfone groups is 1. The van der Waals surface area contributed by atoms with E-state index in [0.717, 1.165) is 18.5 Å². The summed E-state index contributed by atoms with van der Waals surface area (Å²) in [5.41, 5.74) is -0.565. The number of hydrogen-bond donors (Lipinski definition) is 2. The van der Waals surface area contributed by atoms with Gasteiger partial charge < -0.3 is 15.4 Å². The molecule has 0 saturated heterocycles. The number of hydrogen-bond acceptors (Lipinski definition) is 12. The van der Waals surface area contributed by atoms with Crippen LogP contribution in [0.15, 0.2) is 35.5 Å². The molecule has 2 N–H and O–H groups in total. The van der Waals surface area contributed by atoms with Gasteiger partial charge in [-0.05, 0) is 44.6 Å². The molecule has 0 unspecified atom stereocenters. The predicted molar refractivity (Wildman–Crippen MR) is 154 cm³/mol. The van der Waals surface area contributed by atoms with Crippen LogP contribution in [0.4, 0.5) is 17.6 Å². The summed E-state index contributed by atoms with van der Waals surface area (Å²) in [5, 5.41) is 17.5. The number of alkyl halides is 4. The lowest BCUT2D eigenvalue weighted by Crippen LogP contribution is -2.33. The number of nitriles is 1. The number of halogens is 4. The van der Waals surface area contributed by atoms with Crippen LogP contribution in [-0.4, -0.2) is 82.8 Å². The Kier molecular flexibility index (Phi) is 12.9. The largest absolute Gasteiger partial charge is 0.461 e. The Morgan fingerprint density at radius 1 is 1.14 bits per heavy atom. The first kappa shape index (κ1) is 36.2. The fraction of sp³-hybridized carbons (Fsp3) is 0.375. The molecule has 0 aliphatic heterocycles. The van der Waals surface area contributed by atoms with Gasteiger partial charge in [0.1, 0.15) is 23.8 Å². The van der Waals surface area contributed by atoms with E-state index in [2.05, 4.69) is 47.9 Å². The smallest absolute Gasteiger partial charge is 0.428 e. The Balaban J connectivity index is 0.00000159. The van der Waals surface area contributed by atoms with Crippen LogP contribution in [-0.2, 0) is 9.84 Å². The minimum atomic E-state index is -4.95. The van der Waals surface area contributed by atoms with Crippen molar-refractivity contribution in [2.75, 3.05) is 25.3 Å². The van der Waals surface area contributed by atoms with Crippen LogP contribution in [0.3, 0.4) is 0 Å². The highest BCUT2D eigenvalue weighted by Crippen LogP contribution is 2.30. The quantitative estimate of drug-likeness (QED) is 0.172. The van der Waals surface area contributed by atoms with Crippen LogP contribution in [0.25, 0.3) is 5.82 Å². The topological polar surface area (TPSA) is 182 Å². The SMILES string of the molecule is CSSC.Cc1nc([C@H](C)NC(=O)c2cc(OC(F)(F)C(F)F)cc(S(C)(=O)=O)c2)n(-c2cnc(C(=O)NCC#N)cn2)n1. The van der Waals surface area contributed by atoms with Crippen LogP contribution < -0.4 is 15.4 Å². The molecule has 2 aromatic heterocycles. The monoisotopic (exact) mass is 678 g/mol. The maximum absolute atomic E-state index is 13.5. The van der Waals surface area contributed by atoms with Crippen LogP contribution in [0.5, 0.6) is 5.75 Å². The Labute approximate surface area is 257 Å². The molecule has 0 bridgehead atoms. The fourth-order valence-electron chi connectivity index (χ4n) is 3.16. The molecule has 20 heteroatoms. The van der Waals surface area contributed by atoms with Crippen LogP contribution in [0.1, 0.15) is 45.5 Å². The normalized spacial score (nSPS) is 12.0. The first-order valence-electron chi connectivity index (χ1n) is 12.0. The zero-order valence-corrected chi connectivity index (χ0v) is 26.2. The molecule has 44 heavy (non-hydrogen) atoms. The van der Waals surface area contributed by atoms with Crippen LogP contribution in [0.2, 0.25) is 0 Å². The molecule has 0 fully saturated rings. The molecule has 0 spiro atoms. The Morgan fingerprint density at radius 2 is 1.80 bits per heavy atom. The van der Waals surface area contributed by atoms with E-state index in [-0.39, 0.29) is 29.7 Å². The van der Waals surface area contributed by atoms with Crippen molar-refractivity contribution in [1.29, 1.82) is 5.26 Å². The number of amides is 2. The molecule has 2 amide bonds. The van der Waals surface area contributed by atoms with Gasteiger partial charge in [0.25, 0.3) is 11.8 Å². The fourth-order valence-corrected chi connectivity index (χ4v) is 3.83. The van der Waals surface area contributed by atoms with Gasteiger partial charge in [-0.1, -0.05) is 21.6 Å². The summed E-state index contributed by atoms with van der Waals surface area (Å²) in [4.78, 5) is 36.6. The van der Waals surface area contributed by atoms with Gasteiger partial charge in [-0.2, -0.15) is 27.5 Å². The third kappa shape index (κ3) is 10.1. The molecular formula is C24H26F4N8O5S3. The van der Waals surface area contributed by atoms with E-state index < -0.39 is 56.4 Å². The third-order valence-electron chi connectivity index (χ3n) is 5.13. The molecule has 2 heterocycles. The molecule has 0 radical (unpaired) electrons. The van der Waals surface area contributed by atoms with E-state index in [1.165, 1.54) is 24.7 Å². The van der Waals surface area contributed by atoms with Gasteiger partial charge in [-0.25, -0.2) is 23.4 Å². The van der Waals surface area contributed by atoms with E-state index in [1.54, 1.807) is 27.7 Å². The number of carbonyl (C=O) groups is 2. The molecule has 13 nitrogen and oxygen atoms in total. The van der Waals surface area contributed by atoms with E-state index in [1.807, 2.05) is 0 Å². The summed E-state index contributed by atoms with van der Waals surface area (Å²) < 4.78 is 81.4. The highest BCUT2D eigenvalue weighted by Gasteiger charge is 2.44. The molecule has 0 aliphatic rings. The standard InChI is InChI=1S/C22H20F4N8O5S.C2H6S2/c1-11(18-32-12(2)33-34(18)17-10-29-16(9-30-17)20(36)28-5-4-27)31-19(35)13-6-14(39-22(25,26)21(23)24)8-15(7-13)40(3,37)38;1-3-4-2/h6-11,21H,5H2,1-3H3,(H,28,36)(H,31,35);1-2H3/t11-;/m0./s1. The predicted octanol–water partition coefficient (Wildman–Crippen LogP) is 3.38. The van der Waals surface area contributed by atoms with Gasteiger partial charge >= 0.3 is 12.5 Å². The zero-order valence-electron chi connectivity index (χ0n) is 23.7. The van der Waals surface area contributed by atoms with Crippen molar-refractivity contribution in [3.05, 3.63) is 53.5 Å². The minimum absolute atomic E-state index is 0.0834. The molecular weight excluding hydrogens is 653 g/mol. The molecule has 0 aliphatic carbocycles. The van der Waals surface area contributed by atoms with Crippen LogP contribution in [0, 0.1) is 18.3 Å². The van der Waals surface area contributed by atoms with Gasteiger partial charge in [0, 0.05) is 11.8 Å². The lowest BCUT2D eigenvalue weighted by molar-refractivity contribution is -0.253. The molecule has 1 aromatic carbocycles. The molecule has 1 atom stereocenters. The first-order chi connectivity index (χ1) is 20.5. The minimum Gasteiger partial charge on any atom is -0.428 e. The summed E-state index contributed by atoms with van der Waals surface area (Å²) in [6.07, 6.45) is -2.00. The number of benzene rings is 1. The number of carbonyl (C=O) groups excluding carboxylic acids is 2. The van der Waals surface area contributed by atoms with Gasteiger partial charge in [-0.15, -0.1) is 5.10 Å². The lowest BCUT2D eigenvalue weighted by Gasteiger charge is -2.18. The molecule has 3 aromatic rings. The molecule has 238 valence electrons. The maximum Gasteiger partial charge on any atom is 0.461 e. The zero-order chi connectivity index (χ0) is 33.2. The second-order valence-electron chi connectivity index (χ2n) is 8.49. The number of ether oxygens (including phenoxy) is 1. The van der Waals surface area contributed by atoms with Gasteiger partial charge in [0.05, 0.1) is 29.4 Å². The summed E-state index contributed by atoms with van der Waals surface area (Å²) in [5.74, 6) is -2.13. The number of nitrogens with one attached hydrogen (secondary N) is 2. The van der Waals surface area contributed by atoms with Crippen molar-refractivity contribution >= 4 is 43.2 Å². The Morgan fingerprint density at radius 3 is 2.32 bits per heavy atom. The summed E-state index contributed by atoms with van der Waals surface area (Å²) >= 11 is 0. The van der Waals surface area contributed by atoms with E-state index >= 15 is 0 Å². The van der Waals surface area contributed by atoms with Crippen molar-refractivity contribution in [2.24, 2.45) is 0 Å². The summed E-state index contributed by atoms with van der Waals surface area (Å²) in [7, 11) is -0.524. The second-order valence-corrected chi connectivity index (χ2v) is 13.2. The highest BCUT2D eigenvalue weighted by molar-refractivity contribution is 8.76. The van der Waals surface area contributed by atoms with E-state index in [0.29, 0.717) is 12.1 Å². The molecule has 0 saturated carbocycles. The van der Waals surface area contributed by atoms with Gasteiger partial charge in [0.15, 0.2) is 21.5 Å². The number of nitrogens with zero attached hydrogens (tertiary/aromatic N) is 6. The summed E-state index contributed by atoms with van der Waals surface area (Å²) in [6, 6.07) is 2.93. The van der Waals surface area contributed by atoms with Crippen molar-refractivity contribution in [1.82, 2.24) is 35.4 Å². The third-order valence-corrected chi connectivity index (χ3v) is 7.56. The second kappa shape index (κ2) is 15.7. The average molecular weight is 679 g/mol. The molecule has 3 rings (SSSR count). The van der Waals surface area contributed by atoms with Crippen LogP contribution >= 0.6 is 21.6 Å². The Hall–Kier alpha value is -3.96. The maximum atomic E-state index is 13.5. The van der Waals surface area contributed by atoms with Gasteiger partial charge in [-0.3, -0.25) is 9.59 Å². The van der Waals surface area contributed by atoms with Crippen molar-refractivity contribution in [2.45, 2.75) is 37.3 Å². The number of aryl methyl sites for hydroxylation is 1. The highest BCUT2D eigenvalue weighted by atomic mass is 33.1. The summed E-state index contributed by atoms with van der Waals surface area (Å²) in [6.45, 7) is 2.77. The number of rotatable bonds is 11. The van der Waals surface area contributed by atoms with Crippen molar-refractivity contribution in [3.63, 3.8) is 0 Å². The lowest BCUT2D eigenvalue weighted by atomic mass is 10.2. The van der Waals surface area contributed by atoms with Gasteiger partial charge in [0.2, 0.25) is 0 Å². The van der Waals surface area contributed by atoms with Crippen molar-refractivity contribution < 1.29 is 40.3 Å². The van der Waals surface area contributed by atoms with Crippen molar-refractivity contribution in [3.8, 4) is 17.6 Å². The first-order valence-corrected chi connectivity index (χ1v) is 16.9. The average Bonchev–Trinajstić information content (AvgIpc) is 3.36. The Bertz CT molecular complexity index is 1610. The van der Waals surface area contributed by atoms with E-state index in [9.17, 15) is 35.6 Å². The number of aromatic nitrogens is 5. The van der Waals surface area contributed by atoms with E-state index in [4.69, 9.17) is 5.26 Å².